The summed E-state index contributed by atoms with van der Waals surface area (Å²) < 4.78 is 0. The Labute approximate surface area is 201 Å². The van der Waals surface area contributed by atoms with Gasteiger partial charge in [-0.1, -0.05) is 75.7 Å². The van der Waals surface area contributed by atoms with Crippen molar-refractivity contribution in [1.82, 2.24) is 5.32 Å². The molecule has 7 heteroatoms. The molecule has 0 spiro atoms. The Bertz CT molecular complexity index is 1060. The second kappa shape index (κ2) is 11.1. The summed E-state index contributed by atoms with van der Waals surface area (Å²) in [5.74, 6) is -2.26. The highest BCUT2D eigenvalue weighted by atomic mass is 16.2. The van der Waals surface area contributed by atoms with Crippen LogP contribution in [0.3, 0.4) is 0 Å². The third kappa shape index (κ3) is 5.53. The average molecular weight is 463 g/mol. The van der Waals surface area contributed by atoms with Gasteiger partial charge in [-0.2, -0.15) is 0 Å². The SMILES string of the molecule is CCC[C@@H](C(N)=O)[C@H](CC(C)C)C(=O)NC1N=C(c2ccccc2)c2ccccc2N(C)C1=O. The number of benzodiazepines with no additional fused rings is 1. The second-order valence-corrected chi connectivity index (χ2v) is 9.20. The highest BCUT2D eigenvalue weighted by Gasteiger charge is 2.36. The first kappa shape index (κ1) is 25.1. The van der Waals surface area contributed by atoms with E-state index >= 15 is 0 Å². The van der Waals surface area contributed by atoms with Gasteiger partial charge >= 0.3 is 0 Å². The van der Waals surface area contributed by atoms with Crippen molar-refractivity contribution in [1.29, 1.82) is 0 Å². The number of anilines is 1. The number of rotatable bonds is 9. The van der Waals surface area contributed by atoms with Gasteiger partial charge in [0, 0.05) is 30.0 Å². The Kier molecular flexibility index (Phi) is 8.21. The van der Waals surface area contributed by atoms with Crippen LogP contribution in [0.2, 0.25) is 0 Å². The molecule has 3 rings (SSSR count). The molecule has 3 amide bonds. The maximum atomic E-state index is 13.5. The quantitative estimate of drug-likeness (QED) is 0.596. The van der Waals surface area contributed by atoms with Gasteiger partial charge in [-0.05, 0) is 24.8 Å². The number of aliphatic imine (C=N–C) groups is 1. The van der Waals surface area contributed by atoms with Crippen LogP contribution in [-0.2, 0) is 14.4 Å². The van der Waals surface area contributed by atoms with Gasteiger partial charge in [-0.3, -0.25) is 14.4 Å². The van der Waals surface area contributed by atoms with Crippen LogP contribution in [0.4, 0.5) is 5.69 Å². The van der Waals surface area contributed by atoms with Crippen LogP contribution in [0, 0.1) is 17.8 Å². The number of nitrogens with two attached hydrogens (primary N) is 1. The molecule has 0 bridgehead atoms. The summed E-state index contributed by atoms with van der Waals surface area (Å²) >= 11 is 0. The first-order valence-electron chi connectivity index (χ1n) is 11.8. The van der Waals surface area contributed by atoms with Crippen molar-refractivity contribution in [3.05, 3.63) is 65.7 Å². The molecule has 34 heavy (non-hydrogen) atoms. The molecule has 7 nitrogen and oxygen atoms in total. The van der Waals surface area contributed by atoms with E-state index in [1.54, 1.807) is 7.05 Å². The van der Waals surface area contributed by atoms with Gasteiger partial charge < -0.3 is 16.0 Å². The lowest BCUT2D eigenvalue weighted by Crippen LogP contribution is -2.50. The normalized spacial score (nSPS) is 17.4. The molecule has 0 saturated heterocycles. The lowest BCUT2D eigenvalue weighted by atomic mass is 9.81. The zero-order valence-corrected chi connectivity index (χ0v) is 20.3. The van der Waals surface area contributed by atoms with E-state index in [2.05, 4.69) is 5.32 Å². The topological polar surface area (TPSA) is 105 Å². The number of likely N-dealkylation sites (N-methyl/N-ethyl adjacent to an activating group) is 1. The first-order chi connectivity index (χ1) is 16.2. The first-order valence-corrected chi connectivity index (χ1v) is 11.8. The van der Waals surface area contributed by atoms with E-state index in [4.69, 9.17) is 10.7 Å². The van der Waals surface area contributed by atoms with Crippen molar-refractivity contribution >= 4 is 29.1 Å². The third-order valence-electron chi connectivity index (χ3n) is 6.18. The summed E-state index contributed by atoms with van der Waals surface area (Å²) in [6.07, 6.45) is 0.616. The molecular formula is C27H34N4O3. The standard InChI is InChI=1S/C27H34N4O3/c1-5-11-19(24(28)32)21(16-17(2)3)26(33)30-25-27(34)31(4)22-15-10-9-14-20(22)23(29-25)18-12-7-6-8-13-18/h6-10,12-15,17,19,21,25H,5,11,16H2,1-4H3,(H2,28,32)(H,30,33)/t19-,21+,25?/m1/s1. The van der Waals surface area contributed by atoms with E-state index in [1.807, 2.05) is 75.4 Å². The molecule has 1 aliphatic rings. The highest BCUT2D eigenvalue weighted by molar-refractivity contribution is 6.20. The van der Waals surface area contributed by atoms with Crippen LogP contribution >= 0.6 is 0 Å². The average Bonchev–Trinajstić information content (AvgIpc) is 2.92. The largest absolute Gasteiger partial charge is 0.369 e. The fourth-order valence-corrected chi connectivity index (χ4v) is 4.50. The number of para-hydroxylation sites is 1. The summed E-state index contributed by atoms with van der Waals surface area (Å²) in [4.78, 5) is 45.4. The van der Waals surface area contributed by atoms with Crippen LogP contribution in [0.25, 0.3) is 0 Å². The van der Waals surface area contributed by atoms with E-state index in [1.165, 1.54) is 4.90 Å². The molecule has 3 atom stereocenters. The van der Waals surface area contributed by atoms with Gasteiger partial charge in [0.2, 0.25) is 18.0 Å². The highest BCUT2D eigenvalue weighted by Crippen LogP contribution is 2.29. The summed E-state index contributed by atoms with van der Waals surface area (Å²) in [6.45, 7) is 5.95. The maximum Gasteiger partial charge on any atom is 0.272 e. The monoisotopic (exact) mass is 462 g/mol. The minimum absolute atomic E-state index is 0.176. The number of benzene rings is 2. The molecule has 0 aliphatic carbocycles. The number of hydrogen-bond acceptors (Lipinski definition) is 4. The number of nitrogens with zero attached hydrogens (tertiary/aromatic N) is 2. The Balaban J connectivity index is 2.02. The predicted molar refractivity (Wildman–Crippen MR) is 134 cm³/mol. The van der Waals surface area contributed by atoms with E-state index in [-0.39, 0.29) is 17.7 Å². The van der Waals surface area contributed by atoms with Crippen molar-refractivity contribution in [2.45, 2.75) is 46.2 Å². The lowest BCUT2D eigenvalue weighted by Gasteiger charge is -2.27. The number of fused-ring (bicyclic) bond motifs is 1. The number of hydrogen-bond donors (Lipinski definition) is 2. The van der Waals surface area contributed by atoms with E-state index in [0.29, 0.717) is 24.2 Å². The van der Waals surface area contributed by atoms with E-state index in [0.717, 1.165) is 17.5 Å². The predicted octanol–water partition coefficient (Wildman–Crippen LogP) is 3.51. The van der Waals surface area contributed by atoms with Crippen molar-refractivity contribution in [2.75, 3.05) is 11.9 Å². The van der Waals surface area contributed by atoms with Gasteiger partial charge in [0.15, 0.2) is 0 Å². The Morgan fingerprint density at radius 1 is 1.06 bits per heavy atom. The fraction of sp³-hybridized carbons (Fsp3) is 0.407. The molecule has 0 aromatic heterocycles. The molecule has 1 aliphatic heterocycles. The molecule has 0 saturated carbocycles. The van der Waals surface area contributed by atoms with Gasteiger partial charge in [-0.25, -0.2) is 4.99 Å². The van der Waals surface area contributed by atoms with Crippen LogP contribution in [-0.4, -0.2) is 36.6 Å². The van der Waals surface area contributed by atoms with Crippen LogP contribution in [0.1, 0.15) is 51.2 Å². The molecule has 180 valence electrons. The second-order valence-electron chi connectivity index (χ2n) is 9.20. The van der Waals surface area contributed by atoms with Gasteiger partial charge in [0.25, 0.3) is 5.91 Å². The minimum Gasteiger partial charge on any atom is -0.369 e. The molecule has 2 aromatic rings. The minimum atomic E-state index is -1.12. The Morgan fingerprint density at radius 3 is 2.32 bits per heavy atom. The Hall–Kier alpha value is -3.48. The van der Waals surface area contributed by atoms with Gasteiger partial charge in [0.05, 0.1) is 11.4 Å². The van der Waals surface area contributed by atoms with Crippen LogP contribution in [0.5, 0.6) is 0 Å². The number of carbonyl (C=O) groups is 3. The molecular weight excluding hydrogens is 428 g/mol. The molecule has 0 fully saturated rings. The summed E-state index contributed by atoms with van der Waals surface area (Å²) in [5.41, 5.74) is 8.67. The zero-order valence-electron chi connectivity index (χ0n) is 20.3. The smallest absolute Gasteiger partial charge is 0.272 e. The van der Waals surface area contributed by atoms with Crippen LogP contribution in [0.15, 0.2) is 59.6 Å². The van der Waals surface area contributed by atoms with Gasteiger partial charge in [-0.15, -0.1) is 0 Å². The number of nitrogens with one attached hydrogen (secondary N) is 1. The molecule has 1 heterocycles. The van der Waals surface area contributed by atoms with Crippen molar-refractivity contribution < 1.29 is 14.4 Å². The lowest BCUT2D eigenvalue weighted by molar-refractivity contribution is -0.136. The van der Waals surface area contributed by atoms with Crippen molar-refractivity contribution in [3.8, 4) is 0 Å². The zero-order chi connectivity index (χ0) is 24.8. The molecule has 2 aromatic carbocycles. The van der Waals surface area contributed by atoms with Gasteiger partial charge in [0.1, 0.15) is 0 Å². The van der Waals surface area contributed by atoms with Crippen molar-refractivity contribution in [2.24, 2.45) is 28.5 Å². The van der Waals surface area contributed by atoms with Crippen molar-refractivity contribution in [3.63, 3.8) is 0 Å². The number of carbonyl (C=O) groups excluding carboxylic acids is 3. The summed E-state index contributed by atoms with van der Waals surface area (Å²) in [5, 5.41) is 2.85. The van der Waals surface area contributed by atoms with E-state index < -0.39 is 23.9 Å². The third-order valence-corrected chi connectivity index (χ3v) is 6.18. The fourth-order valence-electron chi connectivity index (χ4n) is 4.50. The van der Waals surface area contributed by atoms with Crippen LogP contribution < -0.4 is 16.0 Å². The number of amides is 3. The van der Waals surface area contributed by atoms with E-state index in [9.17, 15) is 14.4 Å². The summed E-state index contributed by atoms with van der Waals surface area (Å²) in [6, 6.07) is 17.1. The molecule has 3 N–H and O–H groups in total. The number of primary amides is 1. The Morgan fingerprint density at radius 2 is 1.71 bits per heavy atom. The maximum absolute atomic E-state index is 13.5. The molecule has 0 radical (unpaired) electrons. The molecule has 1 unspecified atom stereocenters. The summed E-state index contributed by atoms with van der Waals surface area (Å²) in [7, 11) is 1.68.